The number of hydrogen-bond donors (Lipinski definition) is 1. The third-order valence-corrected chi connectivity index (χ3v) is 2.14. The van der Waals surface area contributed by atoms with Gasteiger partial charge >= 0.3 is 0 Å². The van der Waals surface area contributed by atoms with Crippen LogP contribution in [0.2, 0.25) is 0 Å². The molecule has 1 N–H and O–H groups in total. The van der Waals surface area contributed by atoms with Crippen LogP contribution in [0.4, 0.5) is 0 Å². The number of H-pyrrole nitrogens is 1. The summed E-state index contributed by atoms with van der Waals surface area (Å²) in [6, 6.07) is 8.42. The zero-order chi connectivity index (χ0) is 9.97. The topological polar surface area (TPSA) is 15.8 Å². The Labute approximate surface area is 83.8 Å². The molecule has 0 radical (unpaired) electrons. The Bertz CT molecular complexity index is 489. The molecule has 0 atom stereocenters. The molecule has 0 aliphatic rings. The van der Waals surface area contributed by atoms with Crippen molar-refractivity contribution < 1.29 is 0 Å². The first-order chi connectivity index (χ1) is 6.75. The van der Waals surface area contributed by atoms with Gasteiger partial charge in [0, 0.05) is 11.7 Å². The van der Waals surface area contributed by atoms with Crippen LogP contribution in [0.1, 0.15) is 12.5 Å². The third kappa shape index (κ3) is 1.77. The van der Waals surface area contributed by atoms with Crippen LogP contribution in [0, 0.1) is 0 Å². The van der Waals surface area contributed by atoms with E-state index in [-0.39, 0.29) is 0 Å². The van der Waals surface area contributed by atoms with Gasteiger partial charge in [-0.3, -0.25) is 0 Å². The molecule has 1 heteroatoms. The summed E-state index contributed by atoms with van der Waals surface area (Å²) in [6.45, 7) is 5.82. The van der Waals surface area contributed by atoms with E-state index < -0.39 is 0 Å². The first-order valence-corrected chi connectivity index (χ1v) is 4.66. The standard InChI is InChI=1S/C13H13N/c1-10(2)3-4-11-5-6-13-12(9-11)7-8-14-13/h3-9,14H,1H2,2H3. The van der Waals surface area contributed by atoms with Gasteiger partial charge in [0.25, 0.3) is 0 Å². The molecular formula is C13H13N. The number of hydrogen-bond acceptors (Lipinski definition) is 0. The quantitative estimate of drug-likeness (QED) is 0.682. The number of aromatic amines is 1. The minimum Gasteiger partial charge on any atom is -0.361 e. The highest BCUT2D eigenvalue weighted by Gasteiger charge is 1.93. The molecule has 1 aromatic carbocycles. The van der Waals surface area contributed by atoms with Gasteiger partial charge < -0.3 is 4.98 Å². The van der Waals surface area contributed by atoms with Gasteiger partial charge in [0.05, 0.1) is 0 Å². The van der Waals surface area contributed by atoms with Crippen molar-refractivity contribution >= 4 is 17.0 Å². The van der Waals surface area contributed by atoms with Crippen LogP contribution in [-0.4, -0.2) is 4.98 Å². The van der Waals surface area contributed by atoms with E-state index in [2.05, 4.69) is 41.9 Å². The molecular weight excluding hydrogens is 170 g/mol. The Morgan fingerprint density at radius 3 is 3.00 bits per heavy atom. The number of allylic oxidation sites excluding steroid dienone is 2. The first-order valence-electron chi connectivity index (χ1n) is 4.66. The summed E-state index contributed by atoms with van der Waals surface area (Å²) in [5.41, 5.74) is 3.46. The molecule has 2 aromatic rings. The van der Waals surface area contributed by atoms with E-state index in [0.29, 0.717) is 0 Å². The maximum atomic E-state index is 3.83. The van der Waals surface area contributed by atoms with E-state index in [1.54, 1.807) is 0 Å². The fourth-order valence-corrected chi connectivity index (χ4v) is 1.41. The van der Waals surface area contributed by atoms with Crippen molar-refractivity contribution in [3.8, 4) is 0 Å². The molecule has 14 heavy (non-hydrogen) atoms. The highest BCUT2D eigenvalue weighted by atomic mass is 14.7. The highest BCUT2D eigenvalue weighted by molar-refractivity contribution is 5.82. The van der Waals surface area contributed by atoms with Crippen molar-refractivity contribution in [2.75, 3.05) is 0 Å². The van der Waals surface area contributed by atoms with Crippen molar-refractivity contribution in [1.29, 1.82) is 0 Å². The molecule has 2 rings (SSSR count). The van der Waals surface area contributed by atoms with Gasteiger partial charge in [-0.25, -0.2) is 0 Å². The average Bonchev–Trinajstić information content (AvgIpc) is 2.61. The lowest BCUT2D eigenvalue weighted by molar-refractivity contribution is 1.48. The Morgan fingerprint density at radius 1 is 1.36 bits per heavy atom. The van der Waals surface area contributed by atoms with Gasteiger partial charge in [-0.2, -0.15) is 0 Å². The summed E-state index contributed by atoms with van der Waals surface area (Å²) >= 11 is 0. The number of aromatic nitrogens is 1. The molecule has 0 aliphatic heterocycles. The van der Waals surface area contributed by atoms with Crippen LogP contribution in [0.25, 0.3) is 17.0 Å². The molecule has 70 valence electrons. The number of nitrogens with one attached hydrogen (secondary N) is 1. The summed E-state index contributed by atoms with van der Waals surface area (Å²) < 4.78 is 0. The summed E-state index contributed by atoms with van der Waals surface area (Å²) in [5, 5.41) is 1.24. The smallest absolute Gasteiger partial charge is 0.0454 e. The average molecular weight is 183 g/mol. The lowest BCUT2D eigenvalue weighted by Crippen LogP contribution is -1.72. The van der Waals surface area contributed by atoms with Gasteiger partial charge in [0.1, 0.15) is 0 Å². The Morgan fingerprint density at radius 2 is 2.21 bits per heavy atom. The van der Waals surface area contributed by atoms with Crippen LogP contribution in [0.15, 0.2) is 48.7 Å². The van der Waals surface area contributed by atoms with Crippen molar-refractivity contribution in [1.82, 2.24) is 4.98 Å². The monoisotopic (exact) mass is 183 g/mol. The van der Waals surface area contributed by atoms with Crippen LogP contribution >= 0.6 is 0 Å². The summed E-state index contributed by atoms with van der Waals surface area (Å²) in [7, 11) is 0. The molecule has 0 bridgehead atoms. The van der Waals surface area contributed by atoms with E-state index in [9.17, 15) is 0 Å². The predicted octanol–water partition coefficient (Wildman–Crippen LogP) is 3.76. The van der Waals surface area contributed by atoms with Crippen molar-refractivity contribution in [2.24, 2.45) is 0 Å². The van der Waals surface area contributed by atoms with Gasteiger partial charge in [0.15, 0.2) is 0 Å². The van der Waals surface area contributed by atoms with Crippen LogP contribution in [0.5, 0.6) is 0 Å². The molecule has 0 aliphatic carbocycles. The first kappa shape index (κ1) is 8.82. The SMILES string of the molecule is C=C(C)C=Cc1ccc2[nH]ccc2c1. The van der Waals surface area contributed by atoms with Crippen LogP contribution < -0.4 is 0 Å². The molecule has 1 heterocycles. The minimum atomic E-state index is 1.07. The molecule has 0 saturated heterocycles. The zero-order valence-corrected chi connectivity index (χ0v) is 8.25. The van der Waals surface area contributed by atoms with Crippen molar-refractivity contribution in [3.05, 3.63) is 54.3 Å². The van der Waals surface area contributed by atoms with E-state index in [4.69, 9.17) is 0 Å². The second kappa shape index (κ2) is 3.54. The van der Waals surface area contributed by atoms with Crippen molar-refractivity contribution in [2.45, 2.75) is 6.92 Å². The summed E-state index contributed by atoms with van der Waals surface area (Å²) in [5.74, 6) is 0. The predicted molar refractivity (Wildman–Crippen MR) is 62.1 cm³/mol. The number of fused-ring (bicyclic) bond motifs is 1. The van der Waals surface area contributed by atoms with Gasteiger partial charge in [-0.1, -0.05) is 30.4 Å². The lowest BCUT2D eigenvalue weighted by atomic mass is 10.1. The van der Waals surface area contributed by atoms with Gasteiger partial charge in [-0.05, 0) is 36.1 Å². The minimum absolute atomic E-state index is 1.07. The van der Waals surface area contributed by atoms with Crippen LogP contribution in [0.3, 0.4) is 0 Å². The Hall–Kier alpha value is -1.76. The second-order valence-electron chi connectivity index (χ2n) is 3.50. The summed E-state index contributed by atoms with van der Waals surface area (Å²) in [4.78, 5) is 3.17. The Balaban J connectivity index is 2.39. The van der Waals surface area contributed by atoms with Gasteiger partial charge in [0.2, 0.25) is 0 Å². The van der Waals surface area contributed by atoms with E-state index in [0.717, 1.165) is 5.57 Å². The van der Waals surface area contributed by atoms with E-state index >= 15 is 0 Å². The number of rotatable bonds is 2. The maximum absolute atomic E-state index is 3.83. The molecule has 1 nitrogen and oxygen atoms in total. The van der Waals surface area contributed by atoms with Gasteiger partial charge in [-0.15, -0.1) is 0 Å². The molecule has 0 spiro atoms. The fraction of sp³-hybridized carbons (Fsp3) is 0.0769. The normalized spacial score (nSPS) is 11.2. The largest absolute Gasteiger partial charge is 0.361 e. The lowest BCUT2D eigenvalue weighted by Gasteiger charge is -1.94. The molecule has 0 fully saturated rings. The molecule has 0 unspecified atom stereocenters. The third-order valence-electron chi connectivity index (χ3n) is 2.14. The molecule has 1 aromatic heterocycles. The van der Waals surface area contributed by atoms with Crippen molar-refractivity contribution in [3.63, 3.8) is 0 Å². The Kier molecular flexibility index (Phi) is 2.23. The fourth-order valence-electron chi connectivity index (χ4n) is 1.41. The molecule has 0 amide bonds. The number of benzene rings is 1. The molecule has 0 saturated carbocycles. The second-order valence-corrected chi connectivity index (χ2v) is 3.50. The van der Waals surface area contributed by atoms with E-state index in [1.165, 1.54) is 16.5 Å². The maximum Gasteiger partial charge on any atom is 0.0454 e. The highest BCUT2D eigenvalue weighted by Crippen LogP contribution is 2.15. The van der Waals surface area contributed by atoms with Crippen LogP contribution in [-0.2, 0) is 0 Å². The van der Waals surface area contributed by atoms with E-state index in [1.807, 2.05) is 19.2 Å². The summed E-state index contributed by atoms with van der Waals surface area (Å²) in [6.07, 6.45) is 6.06. The zero-order valence-electron chi connectivity index (χ0n) is 8.25.